The Hall–Kier alpha value is -0.890. The lowest BCUT2D eigenvalue weighted by Crippen LogP contribution is -2.09. The Morgan fingerprint density at radius 2 is 2.08 bits per heavy atom. The van der Waals surface area contributed by atoms with Gasteiger partial charge in [0.25, 0.3) is 0 Å². The van der Waals surface area contributed by atoms with Crippen LogP contribution in [0.1, 0.15) is 12.5 Å². The van der Waals surface area contributed by atoms with Gasteiger partial charge in [-0.15, -0.1) is 0 Å². The van der Waals surface area contributed by atoms with Crippen molar-refractivity contribution in [2.24, 2.45) is 0 Å². The number of rotatable bonds is 3. The Labute approximate surface area is 72.2 Å². The zero-order chi connectivity index (χ0) is 8.97. The standard InChI is InChI=1S/C10H13FO/c1-8(12-2)7-9-5-3-4-6-10(9)11/h3-6,8H,7H2,1-2H3/t8-/m1/s1. The van der Waals surface area contributed by atoms with E-state index >= 15 is 0 Å². The van der Waals surface area contributed by atoms with E-state index in [0.717, 1.165) is 0 Å². The van der Waals surface area contributed by atoms with Crippen LogP contribution >= 0.6 is 0 Å². The average Bonchev–Trinajstić information content (AvgIpc) is 2.09. The molecule has 0 saturated carbocycles. The van der Waals surface area contributed by atoms with E-state index in [-0.39, 0.29) is 11.9 Å². The first-order valence-corrected chi connectivity index (χ1v) is 4.00. The van der Waals surface area contributed by atoms with Crippen LogP contribution in [-0.4, -0.2) is 13.2 Å². The molecular formula is C10H13FO. The third-order valence-corrected chi connectivity index (χ3v) is 1.87. The molecule has 0 aliphatic carbocycles. The molecule has 0 spiro atoms. The third kappa shape index (κ3) is 2.31. The summed E-state index contributed by atoms with van der Waals surface area (Å²) >= 11 is 0. The summed E-state index contributed by atoms with van der Waals surface area (Å²) < 4.78 is 18.1. The maximum absolute atomic E-state index is 13.0. The van der Waals surface area contributed by atoms with Gasteiger partial charge in [-0.3, -0.25) is 0 Å². The van der Waals surface area contributed by atoms with E-state index in [9.17, 15) is 4.39 Å². The lowest BCUT2D eigenvalue weighted by molar-refractivity contribution is 0.118. The van der Waals surface area contributed by atoms with Crippen LogP contribution in [0.5, 0.6) is 0 Å². The molecule has 1 aromatic carbocycles. The zero-order valence-corrected chi connectivity index (χ0v) is 7.38. The number of hydrogen-bond acceptors (Lipinski definition) is 1. The van der Waals surface area contributed by atoms with Gasteiger partial charge in [-0.25, -0.2) is 4.39 Å². The molecule has 0 bridgehead atoms. The maximum Gasteiger partial charge on any atom is 0.126 e. The van der Waals surface area contributed by atoms with Crippen LogP contribution in [0.15, 0.2) is 24.3 Å². The molecule has 0 aliphatic heterocycles. The molecule has 12 heavy (non-hydrogen) atoms. The van der Waals surface area contributed by atoms with Gasteiger partial charge >= 0.3 is 0 Å². The largest absolute Gasteiger partial charge is 0.381 e. The van der Waals surface area contributed by atoms with Gasteiger partial charge in [-0.1, -0.05) is 18.2 Å². The number of ether oxygens (including phenoxy) is 1. The molecule has 66 valence electrons. The van der Waals surface area contributed by atoms with E-state index in [0.29, 0.717) is 12.0 Å². The van der Waals surface area contributed by atoms with E-state index in [1.54, 1.807) is 19.2 Å². The lowest BCUT2D eigenvalue weighted by atomic mass is 10.1. The molecular weight excluding hydrogens is 155 g/mol. The predicted octanol–water partition coefficient (Wildman–Crippen LogP) is 2.40. The van der Waals surface area contributed by atoms with E-state index in [2.05, 4.69) is 0 Å². The van der Waals surface area contributed by atoms with Crippen LogP contribution < -0.4 is 0 Å². The third-order valence-electron chi connectivity index (χ3n) is 1.87. The average molecular weight is 168 g/mol. The van der Waals surface area contributed by atoms with E-state index in [4.69, 9.17) is 4.74 Å². The fourth-order valence-corrected chi connectivity index (χ4v) is 1.06. The van der Waals surface area contributed by atoms with Crippen molar-refractivity contribution in [3.8, 4) is 0 Å². The van der Waals surface area contributed by atoms with Gasteiger partial charge in [0.1, 0.15) is 5.82 Å². The molecule has 0 amide bonds. The van der Waals surface area contributed by atoms with Gasteiger partial charge < -0.3 is 4.74 Å². The Balaban J connectivity index is 2.69. The minimum atomic E-state index is -0.151. The number of hydrogen-bond donors (Lipinski definition) is 0. The molecule has 0 unspecified atom stereocenters. The van der Waals surface area contributed by atoms with E-state index < -0.39 is 0 Å². The highest BCUT2D eigenvalue weighted by Crippen LogP contribution is 2.09. The van der Waals surface area contributed by atoms with Gasteiger partial charge in [0.05, 0.1) is 6.10 Å². The van der Waals surface area contributed by atoms with Crippen LogP contribution in [0, 0.1) is 5.82 Å². The summed E-state index contributed by atoms with van der Waals surface area (Å²) in [6.45, 7) is 1.92. The van der Waals surface area contributed by atoms with Gasteiger partial charge in [-0.2, -0.15) is 0 Å². The normalized spacial score (nSPS) is 12.9. The van der Waals surface area contributed by atoms with Gasteiger partial charge in [0.15, 0.2) is 0 Å². The van der Waals surface area contributed by atoms with Crippen molar-refractivity contribution in [3.63, 3.8) is 0 Å². The molecule has 0 saturated heterocycles. The van der Waals surface area contributed by atoms with Crippen LogP contribution in [0.25, 0.3) is 0 Å². The quantitative estimate of drug-likeness (QED) is 0.673. The molecule has 1 rings (SSSR count). The molecule has 0 fully saturated rings. The summed E-state index contributed by atoms with van der Waals surface area (Å²) in [5, 5.41) is 0. The molecule has 1 atom stereocenters. The smallest absolute Gasteiger partial charge is 0.126 e. The zero-order valence-electron chi connectivity index (χ0n) is 7.38. The van der Waals surface area contributed by atoms with Crippen molar-refractivity contribution < 1.29 is 9.13 Å². The Morgan fingerprint density at radius 3 is 2.67 bits per heavy atom. The van der Waals surface area contributed by atoms with Gasteiger partial charge in [-0.05, 0) is 18.6 Å². The van der Waals surface area contributed by atoms with Crippen molar-refractivity contribution >= 4 is 0 Å². The minimum Gasteiger partial charge on any atom is -0.381 e. The molecule has 0 aliphatic rings. The second kappa shape index (κ2) is 4.21. The summed E-state index contributed by atoms with van der Waals surface area (Å²) in [5.41, 5.74) is 0.715. The Morgan fingerprint density at radius 1 is 1.42 bits per heavy atom. The molecule has 0 N–H and O–H groups in total. The van der Waals surface area contributed by atoms with Crippen LogP contribution in [-0.2, 0) is 11.2 Å². The summed E-state index contributed by atoms with van der Waals surface area (Å²) in [4.78, 5) is 0. The van der Waals surface area contributed by atoms with Crippen molar-refractivity contribution in [2.75, 3.05) is 7.11 Å². The lowest BCUT2D eigenvalue weighted by Gasteiger charge is -2.09. The highest BCUT2D eigenvalue weighted by atomic mass is 19.1. The summed E-state index contributed by atoms with van der Waals surface area (Å²) in [6, 6.07) is 6.78. The van der Waals surface area contributed by atoms with Crippen molar-refractivity contribution in [3.05, 3.63) is 35.6 Å². The van der Waals surface area contributed by atoms with Crippen LogP contribution in [0.3, 0.4) is 0 Å². The fraction of sp³-hybridized carbons (Fsp3) is 0.400. The Kier molecular flexibility index (Phi) is 3.23. The van der Waals surface area contributed by atoms with Crippen LogP contribution in [0.2, 0.25) is 0 Å². The highest BCUT2D eigenvalue weighted by molar-refractivity contribution is 5.17. The minimum absolute atomic E-state index is 0.0712. The number of benzene rings is 1. The molecule has 0 aromatic heterocycles. The summed E-state index contributed by atoms with van der Waals surface area (Å²) in [6.07, 6.45) is 0.699. The Bertz CT molecular complexity index is 247. The second-order valence-corrected chi connectivity index (χ2v) is 2.84. The summed E-state index contributed by atoms with van der Waals surface area (Å²) in [7, 11) is 1.63. The molecule has 0 radical (unpaired) electrons. The molecule has 0 heterocycles. The van der Waals surface area contributed by atoms with Crippen molar-refractivity contribution in [2.45, 2.75) is 19.4 Å². The van der Waals surface area contributed by atoms with E-state index in [1.807, 2.05) is 13.0 Å². The van der Waals surface area contributed by atoms with Gasteiger partial charge in [0.2, 0.25) is 0 Å². The first-order valence-electron chi connectivity index (χ1n) is 4.00. The predicted molar refractivity (Wildman–Crippen MR) is 46.6 cm³/mol. The van der Waals surface area contributed by atoms with Crippen molar-refractivity contribution in [1.82, 2.24) is 0 Å². The monoisotopic (exact) mass is 168 g/mol. The topological polar surface area (TPSA) is 9.23 Å². The van der Waals surface area contributed by atoms with Crippen LogP contribution in [0.4, 0.5) is 4.39 Å². The second-order valence-electron chi connectivity index (χ2n) is 2.84. The fourth-order valence-electron chi connectivity index (χ4n) is 1.06. The molecule has 1 aromatic rings. The molecule has 2 heteroatoms. The highest BCUT2D eigenvalue weighted by Gasteiger charge is 2.05. The maximum atomic E-state index is 13.0. The first kappa shape index (κ1) is 9.20. The number of halogens is 1. The molecule has 1 nitrogen and oxygen atoms in total. The summed E-state index contributed by atoms with van der Waals surface area (Å²) in [5.74, 6) is -0.151. The first-order chi connectivity index (χ1) is 5.74. The van der Waals surface area contributed by atoms with E-state index in [1.165, 1.54) is 6.07 Å². The number of methoxy groups -OCH3 is 1. The van der Waals surface area contributed by atoms with Crippen molar-refractivity contribution in [1.29, 1.82) is 0 Å². The van der Waals surface area contributed by atoms with Gasteiger partial charge in [0, 0.05) is 13.5 Å². The SMILES string of the molecule is CO[C@H](C)Cc1ccccc1F.